The quantitative estimate of drug-likeness (QED) is 0.361. The van der Waals surface area contributed by atoms with Crippen LogP contribution in [0.2, 0.25) is 5.02 Å². The summed E-state index contributed by atoms with van der Waals surface area (Å²) in [5.74, 6) is -0.236. The molecule has 172 valence electrons. The molecule has 3 aromatic rings. The predicted octanol–water partition coefficient (Wildman–Crippen LogP) is 4.18. The summed E-state index contributed by atoms with van der Waals surface area (Å²) in [5, 5.41) is 15.1. The SMILES string of the molecule is O=C1[C@@H](NS(=O)(=O)c2ccc(Oc3c(Cl)cccc3[N+](=O)[O-])cc2)CCN1Cc1ccsc1. The fourth-order valence-electron chi connectivity index (χ4n) is 3.41. The third kappa shape index (κ3) is 5.17. The standard InChI is InChI=1S/C21H18ClN3O6S2/c22-17-2-1-3-19(25(27)28)20(17)31-15-4-6-16(7-5-15)33(29,30)23-18-8-10-24(21(18)26)12-14-9-11-32-13-14/h1-7,9,11,13,18,23H,8,10,12H2/t18-/m0/s1. The molecule has 1 aliphatic heterocycles. The molecule has 4 rings (SSSR count). The Kier molecular flexibility index (Phi) is 6.66. The maximum Gasteiger partial charge on any atom is 0.313 e. The van der Waals surface area contributed by atoms with Gasteiger partial charge in [-0.25, -0.2) is 8.42 Å². The number of para-hydroxylation sites is 1. The lowest BCUT2D eigenvalue weighted by Crippen LogP contribution is -2.41. The highest BCUT2D eigenvalue weighted by Gasteiger charge is 2.35. The number of benzene rings is 2. The van der Waals surface area contributed by atoms with Gasteiger partial charge >= 0.3 is 5.69 Å². The number of likely N-dealkylation sites (tertiary alicyclic amines) is 1. The first-order chi connectivity index (χ1) is 15.7. The molecule has 33 heavy (non-hydrogen) atoms. The van der Waals surface area contributed by atoms with Gasteiger partial charge in [-0.15, -0.1) is 0 Å². The van der Waals surface area contributed by atoms with Crippen LogP contribution in [0.4, 0.5) is 5.69 Å². The summed E-state index contributed by atoms with van der Waals surface area (Å²) >= 11 is 7.56. The third-order valence-corrected chi connectivity index (χ3v) is 7.56. The molecule has 2 aromatic carbocycles. The van der Waals surface area contributed by atoms with Crippen molar-refractivity contribution in [3.05, 3.63) is 80.0 Å². The van der Waals surface area contributed by atoms with Crippen molar-refractivity contribution < 1.29 is 22.9 Å². The minimum Gasteiger partial charge on any atom is -0.449 e. The van der Waals surface area contributed by atoms with E-state index in [4.69, 9.17) is 16.3 Å². The monoisotopic (exact) mass is 507 g/mol. The Hall–Kier alpha value is -2.99. The Bertz CT molecular complexity index is 1280. The molecule has 1 saturated heterocycles. The van der Waals surface area contributed by atoms with E-state index in [2.05, 4.69) is 4.72 Å². The van der Waals surface area contributed by atoms with Crippen molar-refractivity contribution in [2.24, 2.45) is 0 Å². The highest BCUT2D eigenvalue weighted by Crippen LogP contribution is 2.37. The first kappa shape index (κ1) is 23.2. The maximum absolute atomic E-state index is 12.8. The minimum absolute atomic E-state index is 0.0503. The van der Waals surface area contributed by atoms with E-state index in [9.17, 15) is 23.3 Å². The summed E-state index contributed by atoms with van der Waals surface area (Å²) in [6.45, 7) is 0.909. The summed E-state index contributed by atoms with van der Waals surface area (Å²) in [5.41, 5.74) is 0.693. The van der Waals surface area contributed by atoms with Gasteiger partial charge in [-0.05, 0) is 59.1 Å². The highest BCUT2D eigenvalue weighted by molar-refractivity contribution is 7.89. The molecule has 0 bridgehead atoms. The molecule has 1 fully saturated rings. The number of carbonyl (C=O) groups excluding carboxylic acids is 1. The first-order valence-corrected chi connectivity index (χ1v) is 12.6. The zero-order valence-electron chi connectivity index (χ0n) is 17.0. The van der Waals surface area contributed by atoms with Gasteiger partial charge in [0.25, 0.3) is 0 Å². The Morgan fingerprint density at radius 1 is 1.21 bits per heavy atom. The zero-order chi connectivity index (χ0) is 23.6. The number of nitrogens with one attached hydrogen (secondary N) is 1. The third-order valence-electron chi connectivity index (χ3n) is 5.05. The number of ether oxygens (including phenoxy) is 1. The maximum atomic E-state index is 12.8. The van der Waals surface area contributed by atoms with Gasteiger partial charge in [0.15, 0.2) is 0 Å². The molecule has 0 saturated carbocycles. The van der Waals surface area contributed by atoms with E-state index >= 15 is 0 Å². The number of halogens is 1. The zero-order valence-corrected chi connectivity index (χ0v) is 19.4. The van der Waals surface area contributed by atoms with E-state index in [1.54, 1.807) is 4.90 Å². The molecule has 0 spiro atoms. The van der Waals surface area contributed by atoms with Crippen molar-refractivity contribution in [3.8, 4) is 11.5 Å². The number of nitrogens with zero attached hydrogens (tertiary/aromatic N) is 2. The summed E-state index contributed by atoms with van der Waals surface area (Å²) < 4.78 is 33.6. The minimum atomic E-state index is -3.97. The number of sulfonamides is 1. The van der Waals surface area contributed by atoms with Gasteiger partial charge in [-0.2, -0.15) is 16.1 Å². The van der Waals surface area contributed by atoms with Crippen LogP contribution in [-0.4, -0.2) is 36.7 Å². The molecule has 2 heterocycles. The van der Waals surface area contributed by atoms with Crippen LogP contribution >= 0.6 is 22.9 Å². The van der Waals surface area contributed by atoms with Crippen LogP contribution in [0.5, 0.6) is 11.5 Å². The van der Waals surface area contributed by atoms with Crippen molar-refractivity contribution in [1.29, 1.82) is 0 Å². The Morgan fingerprint density at radius 3 is 2.64 bits per heavy atom. The lowest BCUT2D eigenvalue weighted by atomic mass is 10.3. The van der Waals surface area contributed by atoms with Gasteiger partial charge in [0.2, 0.25) is 21.7 Å². The molecule has 9 nitrogen and oxygen atoms in total. The van der Waals surface area contributed by atoms with Crippen LogP contribution < -0.4 is 9.46 Å². The molecule has 12 heteroatoms. The average Bonchev–Trinajstić information content (AvgIpc) is 3.41. The van der Waals surface area contributed by atoms with Crippen LogP contribution in [0.25, 0.3) is 0 Å². The van der Waals surface area contributed by atoms with Crippen molar-refractivity contribution in [1.82, 2.24) is 9.62 Å². The molecule has 0 unspecified atom stereocenters. The summed E-state index contributed by atoms with van der Waals surface area (Å²) in [6.07, 6.45) is 0.375. The van der Waals surface area contributed by atoms with Crippen LogP contribution in [0, 0.1) is 10.1 Å². The second-order valence-electron chi connectivity index (χ2n) is 7.27. The fourth-order valence-corrected chi connectivity index (χ4v) is 5.50. The van der Waals surface area contributed by atoms with E-state index in [1.807, 2.05) is 16.8 Å². The summed E-state index contributed by atoms with van der Waals surface area (Å²) in [6, 6.07) is 10.5. The van der Waals surface area contributed by atoms with Crippen molar-refractivity contribution in [2.75, 3.05) is 6.54 Å². The van der Waals surface area contributed by atoms with Gasteiger partial charge in [-0.1, -0.05) is 17.7 Å². The molecule has 1 aliphatic rings. The van der Waals surface area contributed by atoms with Gasteiger partial charge in [-0.3, -0.25) is 14.9 Å². The number of nitro groups is 1. The smallest absolute Gasteiger partial charge is 0.313 e. The lowest BCUT2D eigenvalue weighted by molar-refractivity contribution is -0.385. The number of nitro benzene ring substituents is 1. The second-order valence-corrected chi connectivity index (χ2v) is 10.2. The van der Waals surface area contributed by atoms with Crippen LogP contribution in [0.3, 0.4) is 0 Å². The van der Waals surface area contributed by atoms with Gasteiger partial charge in [0.1, 0.15) is 11.8 Å². The molecular weight excluding hydrogens is 490 g/mol. The Balaban J connectivity index is 1.44. The number of rotatable bonds is 8. The normalized spacial score (nSPS) is 16.2. The number of hydrogen-bond donors (Lipinski definition) is 1. The molecular formula is C21H18ClN3O6S2. The number of amides is 1. The Morgan fingerprint density at radius 2 is 1.97 bits per heavy atom. The van der Waals surface area contributed by atoms with Crippen molar-refractivity contribution in [2.45, 2.75) is 23.9 Å². The second kappa shape index (κ2) is 9.48. The lowest BCUT2D eigenvalue weighted by Gasteiger charge is -2.16. The highest BCUT2D eigenvalue weighted by atomic mass is 35.5. The first-order valence-electron chi connectivity index (χ1n) is 9.77. The van der Waals surface area contributed by atoms with E-state index in [1.165, 1.54) is 53.8 Å². The molecule has 0 aliphatic carbocycles. The van der Waals surface area contributed by atoms with Crippen molar-refractivity contribution >= 4 is 44.6 Å². The number of thiophene rings is 1. The number of carbonyl (C=O) groups is 1. The molecule has 1 atom stereocenters. The summed E-state index contributed by atoms with van der Waals surface area (Å²) in [7, 11) is -3.97. The predicted molar refractivity (Wildman–Crippen MR) is 123 cm³/mol. The van der Waals surface area contributed by atoms with Gasteiger partial charge < -0.3 is 9.64 Å². The summed E-state index contributed by atoms with van der Waals surface area (Å²) in [4.78, 5) is 24.8. The Labute approximate surface area is 198 Å². The number of hydrogen-bond acceptors (Lipinski definition) is 7. The van der Waals surface area contributed by atoms with Crippen LogP contribution in [0.1, 0.15) is 12.0 Å². The van der Waals surface area contributed by atoms with E-state index < -0.39 is 21.0 Å². The fraction of sp³-hybridized carbons (Fsp3) is 0.190. The average molecular weight is 508 g/mol. The van der Waals surface area contributed by atoms with Gasteiger partial charge in [0, 0.05) is 19.2 Å². The van der Waals surface area contributed by atoms with Crippen LogP contribution in [0.15, 0.2) is 64.2 Å². The molecule has 0 radical (unpaired) electrons. The topological polar surface area (TPSA) is 119 Å². The van der Waals surface area contributed by atoms with E-state index in [0.29, 0.717) is 19.5 Å². The molecule has 1 aromatic heterocycles. The van der Waals surface area contributed by atoms with Crippen molar-refractivity contribution in [3.63, 3.8) is 0 Å². The van der Waals surface area contributed by atoms with Gasteiger partial charge in [0.05, 0.1) is 14.8 Å². The largest absolute Gasteiger partial charge is 0.449 e. The molecule has 1 amide bonds. The van der Waals surface area contributed by atoms with E-state index in [0.717, 1.165) is 5.56 Å². The molecule has 1 N–H and O–H groups in total. The van der Waals surface area contributed by atoms with E-state index in [-0.39, 0.29) is 33.0 Å². The van der Waals surface area contributed by atoms with Crippen LogP contribution in [-0.2, 0) is 21.4 Å².